The van der Waals surface area contributed by atoms with Crippen LogP contribution in [0.1, 0.15) is 78.1 Å². The van der Waals surface area contributed by atoms with E-state index in [1.807, 2.05) is 0 Å². The summed E-state index contributed by atoms with van der Waals surface area (Å²) in [6, 6.07) is 0. The summed E-state index contributed by atoms with van der Waals surface area (Å²) in [6.07, 6.45) is 14.0. The second kappa shape index (κ2) is 7.38. The number of carbonyl (C=O) groups excluding carboxylic acids is 1. The standard InChI is InChI=1S/C25H41NO2/c1-24-11-4-3-5-18(24)6-7-19-20-8-9-22(25(20,2)12-10-21(19)24)23(27)17-26-13-15-28-16-14-26/h18-22H,3-17H2,1-2H3/t18?,19-,20-,21-,22+,24-,25-/m0/s1. The molecule has 0 N–H and O–H groups in total. The molecule has 0 aromatic heterocycles. The van der Waals surface area contributed by atoms with Gasteiger partial charge in [0.05, 0.1) is 19.8 Å². The number of ketones is 1. The van der Waals surface area contributed by atoms with Crippen LogP contribution in [-0.4, -0.2) is 43.5 Å². The molecule has 0 spiro atoms. The molecule has 7 atom stereocenters. The van der Waals surface area contributed by atoms with Crippen molar-refractivity contribution < 1.29 is 9.53 Å². The third-order valence-corrected chi connectivity index (χ3v) is 10.5. The molecule has 3 heteroatoms. The van der Waals surface area contributed by atoms with E-state index in [1.54, 1.807) is 0 Å². The minimum atomic E-state index is 0.280. The number of hydrogen-bond acceptors (Lipinski definition) is 3. The van der Waals surface area contributed by atoms with Crippen LogP contribution in [0.15, 0.2) is 0 Å². The van der Waals surface area contributed by atoms with Crippen molar-refractivity contribution in [3.63, 3.8) is 0 Å². The SMILES string of the molecule is C[C@]12CC[C@H]3[C@@H](CCC4CCCC[C@@]43C)[C@@H]1CC[C@@H]2C(=O)CN1CCOCC1. The predicted molar refractivity (Wildman–Crippen MR) is 112 cm³/mol. The van der Waals surface area contributed by atoms with Gasteiger partial charge < -0.3 is 4.74 Å². The van der Waals surface area contributed by atoms with Crippen LogP contribution in [0.2, 0.25) is 0 Å². The van der Waals surface area contributed by atoms with Crippen LogP contribution < -0.4 is 0 Å². The monoisotopic (exact) mass is 387 g/mol. The molecule has 4 aliphatic carbocycles. The molecule has 0 radical (unpaired) electrons. The van der Waals surface area contributed by atoms with Gasteiger partial charge in [0, 0.05) is 19.0 Å². The first-order valence-electron chi connectivity index (χ1n) is 12.4. The summed E-state index contributed by atoms with van der Waals surface area (Å²) < 4.78 is 5.47. The molecule has 3 nitrogen and oxygen atoms in total. The number of fused-ring (bicyclic) bond motifs is 5. The molecule has 0 aromatic carbocycles. The van der Waals surface area contributed by atoms with E-state index in [1.165, 1.54) is 57.8 Å². The lowest BCUT2D eigenvalue weighted by atomic mass is 9.45. The smallest absolute Gasteiger partial charge is 0.150 e. The Morgan fingerprint density at radius 2 is 1.68 bits per heavy atom. The van der Waals surface area contributed by atoms with Crippen molar-refractivity contribution in [3.8, 4) is 0 Å². The van der Waals surface area contributed by atoms with Crippen molar-refractivity contribution in [1.82, 2.24) is 4.90 Å². The second-order valence-electron chi connectivity index (χ2n) is 11.4. The van der Waals surface area contributed by atoms with E-state index in [4.69, 9.17) is 4.74 Å². The first-order chi connectivity index (χ1) is 13.5. The van der Waals surface area contributed by atoms with Crippen molar-refractivity contribution in [2.45, 2.75) is 78.1 Å². The third-order valence-electron chi connectivity index (χ3n) is 10.5. The minimum Gasteiger partial charge on any atom is -0.379 e. The number of rotatable bonds is 3. The minimum absolute atomic E-state index is 0.280. The lowest BCUT2D eigenvalue weighted by molar-refractivity contribution is -0.137. The summed E-state index contributed by atoms with van der Waals surface area (Å²) in [5.41, 5.74) is 0.890. The van der Waals surface area contributed by atoms with Crippen LogP contribution in [-0.2, 0) is 9.53 Å². The van der Waals surface area contributed by atoms with Crippen LogP contribution in [0.5, 0.6) is 0 Å². The fourth-order valence-electron chi connectivity index (χ4n) is 8.91. The Labute approximate surface area is 172 Å². The topological polar surface area (TPSA) is 29.5 Å². The van der Waals surface area contributed by atoms with Gasteiger partial charge >= 0.3 is 0 Å². The summed E-state index contributed by atoms with van der Waals surface area (Å²) in [7, 11) is 0. The average Bonchev–Trinajstić information content (AvgIpc) is 3.05. The summed E-state index contributed by atoms with van der Waals surface area (Å²) >= 11 is 0. The lowest BCUT2D eigenvalue weighted by Crippen LogP contribution is -2.53. The molecule has 28 heavy (non-hydrogen) atoms. The summed E-state index contributed by atoms with van der Waals surface area (Å²) in [5, 5.41) is 0. The molecule has 4 saturated carbocycles. The first kappa shape index (κ1) is 19.5. The highest BCUT2D eigenvalue weighted by atomic mass is 16.5. The Bertz CT molecular complexity index is 599. The Morgan fingerprint density at radius 1 is 0.893 bits per heavy atom. The number of ether oxygens (including phenoxy) is 1. The predicted octanol–water partition coefficient (Wildman–Crippen LogP) is 4.94. The third kappa shape index (κ3) is 3.02. The van der Waals surface area contributed by atoms with E-state index in [9.17, 15) is 4.79 Å². The highest BCUT2D eigenvalue weighted by Gasteiger charge is 2.60. The number of Topliss-reactive ketones (excluding diaryl/α,β-unsaturated/α-hetero) is 1. The van der Waals surface area contributed by atoms with Crippen LogP contribution in [0.3, 0.4) is 0 Å². The number of carbonyl (C=O) groups is 1. The molecule has 5 fully saturated rings. The van der Waals surface area contributed by atoms with Gasteiger partial charge in [-0.3, -0.25) is 9.69 Å². The van der Waals surface area contributed by atoms with Crippen LogP contribution in [0.4, 0.5) is 0 Å². The highest BCUT2D eigenvalue weighted by molar-refractivity contribution is 5.84. The quantitative estimate of drug-likeness (QED) is 0.687. The van der Waals surface area contributed by atoms with Gasteiger partial charge in [-0.05, 0) is 85.9 Å². The molecular weight excluding hydrogens is 346 g/mol. The average molecular weight is 388 g/mol. The maximum Gasteiger partial charge on any atom is 0.150 e. The van der Waals surface area contributed by atoms with Gasteiger partial charge in [-0.15, -0.1) is 0 Å². The van der Waals surface area contributed by atoms with E-state index < -0.39 is 0 Å². The van der Waals surface area contributed by atoms with Gasteiger partial charge in [-0.25, -0.2) is 0 Å². The highest BCUT2D eigenvalue weighted by Crippen LogP contribution is 2.67. The van der Waals surface area contributed by atoms with Gasteiger partial charge in [0.15, 0.2) is 0 Å². The van der Waals surface area contributed by atoms with Gasteiger partial charge in [0.1, 0.15) is 5.78 Å². The molecule has 5 rings (SSSR count). The van der Waals surface area contributed by atoms with Crippen LogP contribution >= 0.6 is 0 Å². The lowest BCUT2D eigenvalue weighted by Gasteiger charge is -2.60. The Morgan fingerprint density at radius 3 is 2.50 bits per heavy atom. The zero-order valence-corrected chi connectivity index (χ0v) is 18.3. The van der Waals surface area contributed by atoms with E-state index in [-0.39, 0.29) is 5.41 Å². The summed E-state index contributed by atoms with van der Waals surface area (Å²) in [4.78, 5) is 15.7. The first-order valence-corrected chi connectivity index (χ1v) is 12.4. The molecule has 1 unspecified atom stereocenters. The zero-order valence-electron chi connectivity index (χ0n) is 18.3. The zero-order chi connectivity index (χ0) is 19.4. The Hall–Kier alpha value is -0.410. The summed E-state index contributed by atoms with van der Waals surface area (Å²) in [5.74, 6) is 4.51. The van der Waals surface area contributed by atoms with E-state index in [2.05, 4.69) is 18.7 Å². The van der Waals surface area contributed by atoms with Crippen molar-refractivity contribution in [2.75, 3.05) is 32.8 Å². The van der Waals surface area contributed by atoms with Gasteiger partial charge in [0.25, 0.3) is 0 Å². The van der Waals surface area contributed by atoms with Crippen molar-refractivity contribution in [2.24, 2.45) is 40.4 Å². The van der Waals surface area contributed by atoms with E-state index >= 15 is 0 Å². The summed E-state index contributed by atoms with van der Waals surface area (Å²) in [6.45, 7) is 9.30. The Balaban J connectivity index is 1.31. The van der Waals surface area contributed by atoms with Crippen LogP contribution in [0, 0.1) is 40.4 Å². The fraction of sp³-hybridized carbons (Fsp3) is 0.960. The number of morpholine rings is 1. The fourth-order valence-corrected chi connectivity index (χ4v) is 8.91. The number of nitrogens with zero attached hydrogens (tertiary/aromatic N) is 1. The van der Waals surface area contributed by atoms with Gasteiger partial charge in [-0.1, -0.05) is 26.7 Å². The molecule has 0 amide bonds. The van der Waals surface area contributed by atoms with Gasteiger partial charge in [-0.2, -0.15) is 0 Å². The van der Waals surface area contributed by atoms with E-state index in [0.29, 0.717) is 23.7 Å². The maximum absolute atomic E-state index is 13.3. The maximum atomic E-state index is 13.3. The van der Waals surface area contributed by atoms with E-state index in [0.717, 1.165) is 56.4 Å². The molecule has 1 aliphatic heterocycles. The largest absolute Gasteiger partial charge is 0.379 e. The second-order valence-corrected chi connectivity index (χ2v) is 11.4. The number of hydrogen-bond donors (Lipinski definition) is 0. The molecule has 1 heterocycles. The normalized spacial score (nSPS) is 49.1. The van der Waals surface area contributed by atoms with Crippen LogP contribution in [0.25, 0.3) is 0 Å². The molecule has 0 bridgehead atoms. The molecule has 158 valence electrons. The van der Waals surface area contributed by atoms with Crippen molar-refractivity contribution in [1.29, 1.82) is 0 Å². The Kier molecular flexibility index (Phi) is 5.15. The molecule has 0 aromatic rings. The van der Waals surface area contributed by atoms with Crippen molar-refractivity contribution in [3.05, 3.63) is 0 Å². The molecule has 5 aliphatic rings. The molecular formula is C25H41NO2. The molecule has 1 saturated heterocycles. The van der Waals surface area contributed by atoms with Gasteiger partial charge in [0.2, 0.25) is 0 Å². The van der Waals surface area contributed by atoms with Crippen molar-refractivity contribution >= 4 is 5.78 Å².